The Balaban J connectivity index is 1.26. The lowest BCUT2D eigenvalue weighted by Crippen LogP contribution is -2.42. The Morgan fingerprint density at radius 3 is 2.51 bits per heavy atom. The Kier molecular flexibility index (Phi) is 8.30. The van der Waals surface area contributed by atoms with E-state index in [0.29, 0.717) is 55.3 Å². The number of nitrogens with zero attached hydrogens (tertiary/aromatic N) is 5. The number of methoxy groups -OCH3 is 1. The van der Waals surface area contributed by atoms with Crippen molar-refractivity contribution < 1.29 is 18.3 Å². The number of carbonyl (C=O) groups excluding carboxylic acids is 1. The quantitative estimate of drug-likeness (QED) is 0.246. The van der Waals surface area contributed by atoms with E-state index >= 15 is 0 Å². The Hall–Kier alpha value is -4.42. The number of carbonyl (C=O) groups is 1. The molecule has 1 aliphatic heterocycles. The lowest BCUT2D eigenvalue weighted by molar-refractivity contribution is 0.159. The van der Waals surface area contributed by atoms with Crippen molar-refractivity contribution in [2.45, 2.75) is 37.8 Å². The van der Waals surface area contributed by atoms with Gasteiger partial charge in [0, 0.05) is 62.2 Å². The van der Waals surface area contributed by atoms with Gasteiger partial charge in [0.2, 0.25) is 5.95 Å². The van der Waals surface area contributed by atoms with Gasteiger partial charge in [-0.1, -0.05) is 24.3 Å². The number of hydrogen-bond acceptors (Lipinski definition) is 7. The molecule has 224 valence electrons. The van der Waals surface area contributed by atoms with Crippen LogP contribution in [0.25, 0.3) is 16.9 Å². The highest BCUT2D eigenvalue weighted by Gasteiger charge is 2.35. The second kappa shape index (κ2) is 12.4. The normalized spacial score (nSPS) is 18.5. The number of para-hydroxylation sites is 1. The number of rotatable bonds is 10. The fraction of sp³-hybridized carbons (Fsp3) is 0.355. The molecule has 2 fully saturated rings. The SMILES string of the molecule is COCCN1CC(NC(=O)Nc2c(C)c(-c3cnc(NC4CC4)nc3)nn2-c2ccccc2)C(c2ccc(F)c(F)c2)C1. The molecule has 6 rings (SSSR count). The molecule has 4 aromatic rings. The number of aromatic nitrogens is 4. The summed E-state index contributed by atoms with van der Waals surface area (Å²) in [5, 5.41) is 14.2. The molecule has 0 spiro atoms. The first kappa shape index (κ1) is 28.7. The third kappa shape index (κ3) is 6.50. The third-order valence-corrected chi connectivity index (χ3v) is 7.89. The Labute approximate surface area is 248 Å². The van der Waals surface area contributed by atoms with Crippen molar-refractivity contribution in [2.24, 2.45) is 0 Å². The maximum atomic E-state index is 14.2. The average molecular weight is 589 g/mol. The first-order valence-corrected chi connectivity index (χ1v) is 14.4. The topological polar surface area (TPSA) is 109 Å². The maximum Gasteiger partial charge on any atom is 0.320 e. The summed E-state index contributed by atoms with van der Waals surface area (Å²) in [6, 6.07) is 13.1. The van der Waals surface area contributed by atoms with Crippen LogP contribution in [0.5, 0.6) is 0 Å². The number of urea groups is 1. The zero-order valence-corrected chi connectivity index (χ0v) is 24.1. The fourth-order valence-electron chi connectivity index (χ4n) is 5.44. The molecular weight excluding hydrogens is 554 g/mol. The number of benzene rings is 2. The van der Waals surface area contributed by atoms with Gasteiger partial charge in [-0.15, -0.1) is 0 Å². The van der Waals surface area contributed by atoms with E-state index in [2.05, 4.69) is 30.8 Å². The van der Waals surface area contributed by atoms with Crippen LogP contribution in [0.2, 0.25) is 0 Å². The van der Waals surface area contributed by atoms with E-state index in [1.807, 2.05) is 37.3 Å². The van der Waals surface area contributed by atoms with Crippen molar-refractivity contribution in [1.29, 1.82) is 0 Å². The van der Waals surface area contributed by atoms with Crippen molar-refractivity contribution in [1.82, 2.24) is 30.0 Å². The number of hydrogen-bond donors (Lipinski definition) is 3. The van der Waals surface area contributed by atoms with E-state index in [1.54, 1.807) is 30.3 Å². The minimum Gasteiger partial charge on any atom is -0.383 e. The summed E-state index contributed by atoms with van der Waals surface area (Å²) in [6.07, 6.45) is 5.70. The lowest BCUT2D eigenvalue weighted by atomic mass is 9.94. The molecule has 10 nitrogen and oxygen atoms in total. The van der Waals surface area contributed by atoms with Crippen LogP contribution in [-0.2, 0) is 4.74 Å². The van der Waals surface area contributed by atoms with Crippen molar-refractivity contribution in [3.63, 3.8) is 0 Å². The van der Waals surface area contributed by atoms with E-state index in [4.69, 9.17) is 9.84 Å². The molecule has 1 saturated heterocycles. The first-order valence-electron chi connectivity index (χ1n) is 14.4. The average Bonchev–Trinajstić information content (AvgIpc) is 3.66. The van der Waals surface area contributed by atoms with E-state index in [0.717, 1.165) is 35.7 Å². The van der Waals surface area contributed by atoms with Gasteiger partial charge in [0.05, 0.1) is 18.3 Å². The lowest BCUT2D eigenvalue weighted by Gasteiger charge is -2.21. The minimum absolute atomic E-state index is 0.242. The van der Waals surface area contributed by atoms with Crippen LogP contribution in [0, 0.1) is 18.6 Å². The summed E-state index contributed by atoms with van der Waals surface area (Å²) >= 11 is 0. The van der Waals surface area contributed by atoms with Gasteiger partial charge in [-0.25, -0.2) is 28.2 Å². The Bertz CT molecular complexity index is 1580. The summed E-state index contributed by atoms with van der Waals surface area (Å²) < 4.78 is 34.8. The van der Waals surface area contributed by atoms with Gasteiger partial charge in [-0.2, -0.15) is 5.10 Å². The number of likely N-dealkylation sites (tertiary alicyclic amines) is 1. The zero-order chi connectivity index (χ0) is 29.9. The van der Waals surface area contributed by atoms with Crippen molar-refractivity contribution in [3.05, 3.63) is 83.7 Å². The molecule has 0 radical (unpaired) electrons. The van der Waals surface area contributed by atoms with Crippen LogP contribution in [-0.4, -0.2) is 76.1 Å². The first-order chi connectivity index (χ1) is 20.9. The highest BCUT2D eigenvalue weighted by Crippen LogP contribution is 2.32. The van der Waals surface area contributed by atoms with E-state index < -0.39 is 17.7 Å². The molecule has 1 saturated carbocycles. The predicted octanol–water partition coefficient (Wildman–Crippen LogP) is 4.73. The smallest absolute Gasteiger partial charge is 0.320 e. The zero-order valence-electron chi connectivity index (χ0n) is 24.1. The summed E-state index contributed by atoms with van der Waals surface area (Å²) in [7, 11) is 1.63. The van der Waals surface area contributed by atoms with E-state index in [9.17, 15) is 13.6 Å². The molecule has 2 atom stereocenters. The van der Waals surface area contributed by atoms with E-state index in [-0.39, 0.29) is 12.0 Å². The second-order valence-electron chi connectivity index (χ2n) is 11.0. The van der Waals surface area contributed by atoms with Crippen LogP contribution >= 0.6 is 0 Å². The van der Waals surface area contributed by atoms with Crippen LogP contribution in [0.4, 0.5) is 25.3 Å². The standard InChI is InChI=1S/C31H34F2N8O2/c1-19-28(21-15-34-30(35-16-21)36-22-9-10-22)39-41(23-6-4-3-5-7-23)29(19)38-31(42)37-27-18-40(12-13-43-2)17-24(27)20-8-11-25(32)26(33)14-20/h3-8,11,14-16,22,24,27H,9-10,12-13,17-18H2,1-2H3,(H,34,35,36)(H2,37,38,42). The molecule has 3 heterocycles. The summed E-state index contributed by atoms with van der Waals surface area (Å²) in [5.41, 5.74) is 3.50. The molecule has 2 aromatic heterocycles. The summed E-state index contributed by atoms with van der Waals surface area (Å²) in [4.78, 5) is 24.6. The number of amides is 2. The van der Waals surface area contributed by atoms with Crippen LogP contribution < -0.4 is 16.0 Å². The molecular formula is C31H34F2N8O2. The van der Waals surface area contributed by atoms with E-state index in [1.165, 1.54) is 6.07 Å². The van der Waals surface area contributed by atoms with Gasteiger partial charge >= 0.3 is 6.03 Å². The predicted molar refractivity (Wildman–Crippen MR) is 159 cm³/mol. The van der Waals surface area contributed by atoms with Gasteiger partial charge in [-0.05, 0) is 49.6 Å². The highest BCUT2D eigenvalue weighted by atomic mass is 19.2. The monoisotopic (exact) mass is 588 g/mol. The van der Waals surface area contributed by atoms with Crippen molar-refractivity contribution >= 4 is 17.8 Å². The van der Waals surface area contributed by atoms with Gasteiger partial charge in [0.15, 0.2) is 11.6 Å². The number of nitrogens with one attached hydrogen (secondary N) is 3. The van der Waals surface area contributed by atoms with Crippen LogP contribution in [0.15, 0.2) is 60.9 Å². The van der Waals surface area contributed by atoms with Gasteiger partial charge in [-0.3, -0.25) is 10.2 Å². The van der Waals surface area contributed by atoms with Crippen LogP contribution in [0.3, 0.4) is 0 Å². The molecule has 2 amide bonds. The van der Waals surface area contributed by atoms with Gasteiger partial charge in [0.1, 0.15) is 11.5 Å². The number of ether oxygens (including phenoxy) is 1. The Morgan fingerprint density at radius 1 is 1.05 bits per heavy atom. The van der Waals surface area contributed by atoms with Crippen molar-refractivity contribution in [2.75, 3.05) is 44.0 Å². The number of anilines is 2. The highest BCUT2D eigenvalue weighted by molar-refractivity contribution is 5.91. The fourth-order valence-corrected chi connectivity index (χ4v) is 5.44. The largest absolute Gasteiger partial charge is 0.383 e. The van der Waals surface area contributed by atoms with Gasteiger partial charge < -0.3 is 15.4 Å². The maximum absolute atomic E-state index is 14.2. The molecule has 12 heteroatoms. The minimum atomic E-state index is -0.911. The molecule has 2 aromatic carbocycles. The molecule has 1 aliphatic carbocycles. The Morgan fingerprint density at radius 2 is 1.81 bits per heavy atom. The second-order valence-corrected chi connectivity index (χ2v) is 11.0. The summed E-state index contributed by atoms with van der Waals surface area (Å²) in [5.74, 6) is -0.979. The molecule has 2 unspecified atom stereocenters. The molecule has 0 bridgehead atoms. The number of halogens is 2. The molecule has 2 aliphatic rings. The van der Waals surface area contributed by atoms with Crippen LogP contribution in [0.1, 0.15) is 29.9 Å². The van der Waals surface area contributed by atoms with Crippen molar-refractivity contribution in [3.8, 4) is 16.9 Å². The summed E-state index contributed by atoms with van der Waals surface area (Å²) in [6.45, 7) is 4.15. The molecule has 3 N–H and O–H groups in total. The van der Waals surface area contributed by atoms with Gasteiger partial charge in [0.25, 0.3) is 0 Å². The molecule has 43 heavy (non-hydrogen) atoms. The third-order valence-electron chi connectivity index (χ3n) is 7.89.